The summed E-state index contributed by atoms with van der Waals surface area (Å²) in [7, 11) is 0. The maximum absolute atomic E-state index is 13.9. The van der Waals surface area contributed by atoms with Crippen LogP contribution in [0.2, 0.25) is 0 Å². The molecule has 0 bridgehead atoms. The Balaban J connectivity index is 1.75. The van der Waals surface area contributed by atoms with Crippen LogP contribution in [-0.4, -0.2) is 61.1 Å². The van der Waals surface area contributed by atoms with Gasteiger partial charge in [0.1, 0.15) is 11.6 Å². The van der Waals surface area contributed by atoms with Gasteiger partial charge in [0.2, 0.25) is 0 Å². The number of rotatable bonds is 3. The molecule has 0 N–H and O–H groups in total. The van der Waals surface area contributed by atoms with Crippen molar-refractivity contribution in [1.82, 2.24) is 9.80 Å². The number of morpholine rings is 1. The van der Waals surface area contributed by atoms with Crippen molar-refractivity contribution in [3.63, 3.8) is 0 Å². The average molecular weight is 324 g/mol. The number of nitrogens with zero attached hydrogens (tertiary/aromatic N) is 2. The van der Waals surface area contributed by atoms with E-state index in [-0.39, 0.29) is 11.6 Å². The first-order valence-electron chi connectivity index (χ1n) is 8.16. The maximum atomic E-state index is 13.9. The molecule has 2 aliphatic heterocycles. The Kier molecular flexibility index (Phi) is 4.92. The van der Waals surface area contributed by atoms with Crippen molar-refractivity contribution >= 4 is 5.91 Å². The number of hydrogen-bond acceptors (Lipinski definition) is 3. The third-order valence-corrected chi connectivity index (χ3v) is 4.89. The molecule has 2 fully saturated rings. The van der Waals surface area contributed by atoms with Crippen molar-refractivity contribution in [2.45, 2.75) is 19.4 Å². The smallest absolute Gasteiger partial charge is 0.256 e. The second kappa shape index (κ2) is 6.93. The van der Waals surface area contributed by atoms with Gasteiger partial charge in [-0.3, -0.25) is 9.69 Å². The summed E-state index contributed by atoms with van der Waals surface area (Å²) in [6.07, 6.45) is 0.956. The molecule has 0 saturated carbocycles. The summed E-state index contributed by atoms with van der Waals surface area (Å²) >= 11 is 0. The summed E-state index contributed by atoms with van der Waals surface area (Å²) in [6, 6.07) is 3.29. The van der Waals surface area contributed by atoms with Gasteiger partial charge in [0, 0.05) is 32.2 Å². The zero-order valence-corrected chi connectivity index (χ0v) is 13.3. The van der Waals surface area contributed by atoms with Crippen LogP contribution in [0.4, 0.5) is 8.78 Å². The molecule has 0 aromatic heterocycles. The maximum Gasteiger partial charge on any atom is 0.256 e. The standard InChI is InChI=1S/C17H22F2N2O2/c1-2-12-10-21(11-16(12)20-5-7-23-8-6-20)17(22)14-9-13(18)3-4-15(14)19/h3-4,9,12,16H,2,5-8,10-11H2,1H3/t12-,16-/m1/s1. The third kappa shape index (κ3) is 3.38. The van der Waals surface area contributed by atoms with Crippen LogP contribution in [0.3, 0.4) is 0 Å². The van der Waals surface area contributed by atoms with Gasteiger partial charge in [-0.15, -0.1) is 0 Å². The van der Waals surface area contributed by atoms with Gasteiger partial charge >= 0.3 is 0 Å². The molecule has 2 saturated heterocycles. The van der Waals surface area contributed by atoms with Crippen LogP contribution < -0.4 is 0 Å². The van der Waals surface area contributed by atoms with Gasteiger partial charge in [-0.1, -0.05) is 13.3 Å². The molecule has 3 rings (SSSR count). The van der Waals surface area contributed by atoms with Crippen LogP contribution in [0.1, 0.15) is 23.7 Å². The van der Waals surface area contributed by atoms with Crippen molar-refractivity contribution in [3.8, 4) is 0 Å². The molecule has 6 heteroatoms. The molecule has 0 unspecified atom stereocenters. The largest absolute Gasteiger partial charge is 0.379 e. The lowest BCUT2D eigenvalue weighted by molar-refractivity contribution is 0.0102. The monoisotopic (exact) mass is 324 g/mol. The van der Waals surface area contributed by atoms with Crippen molar-refractivity contribution < 1.29 is 18.3 Å². The number of hydrogen-bond donors (Lipinski definition) is 0. The van der Waals surface area contributed by atoms with Gasteiger partial charge in [0.15, 0.2) is 0 Å². The normalized spacial score (nSPS) is 25.8. The topological polar surface area (TPSA) is 32.8 Å². The first-order chi connectivity index (χ1) is 11.1. The molecular formula is C17H22F2N2O2. The lowest BCUT2D eigenvalue weighted by atomic mass is 9.99. The fourth-order valence-corrected chi connectivity index (χ4v) is 3.58. The van der Waals surface area contributed by atoms with E-state index in [9.17, 15) is 13.6 Å². The van der Waals surface area contributed by atoms with E-state index in [0.717, 1.165) is 37.7 Å². The van der Waals surface area contributed by atoms with Crippen molar-refractivity contribution in [2.24, 2.45) is 5.92 Å². The minimum Gasteiger partial charge on any atom is -0.379 e. The Bertz CT molecular complexity index is 576. The summed E-state index contributed by atoms with van der Waals surface area (Å²) in [5.74, 6) is -1.32. The van der Waals surface area contributed by atoms with E-state index >= 15 is 0 Å². The zero-order chi connectivity index (χ0) is 16.4. The fourth-order valence-electron chi connectivity index (χ4n) is 3.58. The van der Waals surface area contributed by atoms with Crippen LogP contribution in [0.25, 0.3) is 0 Å². The predicted octanol–water partition coefficient (Wildman–Crippen LogP) is 2.15. The van der Waals surface area contributed by atoms with Gasteiger partial charge in [-0.05, 0) is 24.1 Å². The van der Waals surface area contributed by atoms with E-state index < -0.39 is 17.5 Å². The fraction of sp³-hybridized carbons (Fsp3) is 0.588. The van der Waals surface area contributed by atoms with Crippen molar-refractivity contribution in [3.05, 3.63) is 35.4 Å². The lowest BCUT2D eigenvalue weighted by Gasteiger charge is -2.34. The SMILES string of the molecule is CC[C@@H]1CN(C(=O)c2cc(F)ccc2F)C[C@H]1N1CCOCC1. The van der Waals surface area contributed by atoms with Gasteiger partial charge < -0.3 is 9.64 Å². The predicted molar refractivity (Wildman–Crippen MR) is 82.2 cm³/mol. The Morgan fingerprint density at radius 3 is 2.70 bits per heavy atom. The number of halogens is 2. The number of benzene rings is 1. The lowest BCUT2D eigenvalue weighted by Crippen LogP contribution is -2.47. The first-order valence-corrected chi connectivity index (χ1v) is 8.16. The second-order valence-electron chi connectivity index (χ2n) is 6.22. The summed E-state index contributed by atoms with van der Waals surface area (Å²) in [4.78, 5) is 16.6. The highest BCUT2D eigenvalue weighted by Gasteiger charge is 2.38. The molecule has 0 aliphatic carbocycles. The molecule has 1 amide bonds. The van der Waals surface area contributed by atoms with Crippen LogP contribution in [0.5, 0.6) is 0 Å². The number of likely N-dealkylation sites (tertiary alicyclic amines) is 1. The quantitative estimate of drug-likeness (QED) is 0.854. The summed E-state index contributed by atoms with van der Waals surface area (Å²) in [5.41, 5.74) is -0.178. The summed E-state index contributed by atoms with van der Waals surface area (Å²) in [6.45, 7) is 6.39. The molecule has 1 aromatic rings. The second-order valence-corrected chi connectivity index (χ2v) is 6.22. The zero-order valence-electron chi connectivity index (χ0n) is 13.3. The van der Waals surface area contributed by atoms with E-state index in [4.69, 9.17) is 4.74 Å². The van der Waals surface area contributed by atoms with Gasteiger partial charge in [0.05, 0.1) is 18.8 Å². The van der Waals surface area contributed by atoms with Crippen LogP contribution in [-0.2, 0) is 4.74 Å². The Morgan fingerprint density at radius 1 is 1.26 bits per heavy atom. The van der Waals surface area contributed by atoms with Crippen molar-refractivity contribution in [2.75, 3.05) is 39.4 Å². The van der Waals surface area contributed by atoms with Gasteiger partial charge in [-0.2, -0.15) is 0 Å². The van der Waals surface area contributed by atoms with E-state index in [1.165, 1.54) is 0 Å². The highest BCUT2D eigenvalue weighted by Crippen LogP contribution is 2.27. The molecule has 0 radical (unpaired) electrons. The Hall–Kier alpha value is -1.53. The third-order valence-electron chi connectivity index (χ3n) is 4.89. The van der Waals surface area contributed by atoms with E-state index in [1.54, 1.807) is 4.90 Å². The van der Waals surface area contributed by atoms with E-state index in [0.29, 0.717) is 32.2 Å². The minimum atomic E-state index is -0.667. The molecule has 126 valence electrons. The Labute approximate surface area is 135 Å². The molecule has 2 heterocycles. The van der Waals surface area contributed by atoms with E-state index in [1.807, 2.05) is 0 Å². The molecule has 1 aromatic carbocycles. The highest BCUT2D eigenvalue weighted by atomic mass is 19.1. The van der Waals surface area contributed by atoms with Crippen LogP contribution >= 0.6 is 0 Å². The average Bonchev–Trinajstić information content (AvgIpc) is 3.01. The van der Waals surface area contributed by atoms with Gasteiger partial charge in [-0.25, -0.2) is 8.78 Å². The molecular weight excluding hydrogens is 302 g/mol. The number of carbonyl (C=O) groups is 1. The number of carbonyl (C=O) groups excluding carboxylic acids is 1. The molecule has 23 heavy (non-hydrogen) atoms. The number of ether oxygens (including phenoxy) is 1. The summed E-state index contributed by atoms with van der Waals surface area (Å²) < 4.78 is 32.6. The minimum absolute atomic E-state index is 0.178. The Morgan fingerprint density at radius 2 is 2.00 bits per heavy atom. The highest BCUT2D eigenvalue weighted by molar-refractivity contribution is 5.94. The van der Waals surface area contributed by atoms with E-state index in [2.05, 4.69) is 11.8 Å². The summed E-state index contributed by atoms with van der Waals surface area (Å²) in [5, 5.41) is 0. The van der Waals surface area contributed by atoms with Crippen LogP contribution in [0.15, 0.2) is 18.2 Å². The van der Waals surface area contributed by atoms with Crippen molar-refractivity contribution in [1.29, 1.82) is 0 Å². The number of amides is 1. The van der Waals surface area contributed by atoms with Gasteiger partial charge in [0.25, 0.3) is 5.91 Å². The molecule has 4 nitrogen and oxygen atoms in total. The molecule has 0 spiro atoms. The molecule has 2 atom stereocenters. The van der Waals surface area contributed by atoms with Crippen LogP contribution in [0, 0.1) is 17.6 Å². The first kappa shape index (κ1) is 16.3. The molecule has 2 aliphatic rings.